The van der Waals surface area contributed by atoms with E-state index >= 15 is 0 Å². The molecule has 0 saturated heterocycles. The minimum Gasteiger partial charge on any atom is -0.307 e. The lowest BCUT2D eigenvalue weighted by Gasteiger charge is -2.11. The van der Waals surface area contributed by atoms with Crippen molar-refractivity contribution in [1.82, 2.24) is 0 Å². The molecule has 0 radical (unpaired) electrons. The Morgan fingerprint density at radius 3 is 0.722 bits per heavy atom. The molecule has 0 spiro atoms. The van der Waals surface area contributed by atoms with E-state index in [1.54, 1.807) is 0 Å². The molecule has 0 aliphatic carbocycles. The van der Waals surface area contributed by atoms with E-state index in [1.165, 1.54) is 105 Å². The van der Waals surface area contributed by atoms with Crippen LogP contribution in [-0.2, 0) is 36.8 Å². The lowest BCUT2D eigenvalue weighted by atomic mass is 10.0. The van der Waals surface area contributed by atoms with E-state index in [9.17, 15) is 18.7 Å². The third-order valence-electron chi connectivity index (χ3n) is 6.60. The molecular formula is C26H52O8P2. The Hall–Kier alpha value is -0.360. The zero-order valence-electron chi connectivity index (χ0n) is 23.3. The number of rotatable bonds is 27. The van der Waals surface area contributed by atoms with Crippen LogP contribution in [0.1, 0.15) is 128 Å². The second-order valence-electron chi connectivity index (χ2n) is 9.38. The first-order valence-corrected chi connectivity index (χ1v) is 16.9. The first-order valence-electron chi connectivity index (χ1n) is 13.8. The largest absolute Gasteiger partial charge is 0.396 e. The van der Waals surface area contributed by atoms with Gasteiger partial charge in [0.05, 0.1) is 0 Å². The van der Waals surface area contributed by atoms with Gasteiger partial charge in [0.2, 0.25) is 11.0 Å². The van der Waals surface area contributed by atoms with Gasteiger partial charge in [-0.1, -0.05) is 103 Å². The molecule has 0 aliphatic rings. The Morgan fingerprint density at radius 2 is 0.556 bits per heavy atom. The highest BCUT2D eigenvalue weighted by atomic mass is 31.2. The van der Waals surface area contributed by atoms with E-state index in [0.717, 1.165) is 38.5 Å². The van der Waals surface area contributed by atoms with Crippen molar-refractivity contribution in [2.45, 2.75) is 128 Å². The smallest absolute Gasteiger partial charge is 0.307 e. The molecule has 36 heavy (non-hydrogen) atoms. The molecule has 0 amide bonds. The second kappa shape index (κ2) is 22.6. The highest BCUT2D eigenvalue weighted by Crippen LogP contribution is 2.49. The minimum atomic E-state index is -3.54. The normalized spacial score (nSPS) is 12.2. The Kier molecular flexibility index (Phi) is 22.4. The Morgan fingerprint density at radius 1 is 0.389 bits per heavy atom. The van der Waals surface area contributed by atoms with Crippen molar-refractivity contribution in [3.05, 3.63) is 0 Å². The van der Waals surface area contributed by atoms with Gasteiger partial charge in [-0.15, -0.1) is 0 Å². The van der Waals surface area contributed by atoms with Crippen LogP contribution in [0.15, 0.2) is 0 Å². The number of carbonyl (C=O) groups is 2. The number of carbonyl (C=O) groups excluding carboxylic acids is 2. The predicted octanol–water partition coefficient (Wildman–Crippen LogP) is 8.81. The molecule has 0 aromatic carbocycles. The number of hydrogen-bond donors (Lipinski definition) is 0. The van der Waals surface area contributed by atoms with Gasteiger partial charge in [0, 0.05) is 41.3 Å². The van der Waals surface area contributed by atoms with E-state index in [0.29, 0.717) is 0 Å². The molecule has 8 nitrogen and oxygen atoms in total. The van der Waals surface area contributed by atoms with Crippen molar-refractivity contribution in [3.8, 4) is 0 Å². The first kappa shape index (κ1) is 35.6. The molecule has 10 heteroatoms. The minimum absolute atomic E-state index is 0.261. The summed E-state index contributed by atoms with van der Waals surface area (Å²) in [5, 5.41) is 0. The van der Waals surface area contributed by atoms with Crippen LogP contribution in [0.4, 0.5) is 0 Å². The molecule has 214 valence electrons. The van der Waals surface area contributed by atoms with E-state index in [2.05, 4.69) is 0 Å². The molecule has 0 N–H and O–H groups in total. The van der Waals surface area contributed by atoms with E-state index in [4.69, 9.17) is 18.1 Å². The van der Waals surface area contributed by atoms with Gasteiger partial charge in [-0.05, 0) is 12.8 Å². The quantitative estimate of drug-likeness (QED) is 0.0732. The molecule has 0 fully saturated rings. The van der Waals surface area contributed by atoms with Crippen LogP contribution in [0.25, 0.3) is 0 Å². The highest BCUT2D eigenvalue weighted by Gasteiger charge is 2.31. The van der Waals surface area contributed by atoms with Crippen molar-refractivity contribution in [2.75, 3.05) is 28.4 Å². The lowest BCUT2D eigenvalue weighted by molar-refractivity contribution is -0.114. The summed E-state index contributed by atoms with van der Waals surface area (Å²) in [6, 6.07) is 0. The summed E-state index contributed by atoms with van der Waals surface area (Å²) >= 11 is 0. The summed E-state index contributed by atoms with van der Waals surface area (Å²) in [5.41, 5.74) is -0.837. The zero-order chi connectivity index (χ0) is 27.1. The van der Waals surface area contributed by atoms with Gasteiger partial charge >= 0.3 is 15.2 Å². The van der Waals surface area contributed by atoms with E-state index in [-0.39, 0.29) is 12.8 Å². The second-order valence-corrected chi connectivity index (χ2v) is 13.8. The molecule has 0 bridgehead atoms. The number of hydrogen-bond acceptors (Lipinski definition) is 8. The predicted molar refractivity (Wildman–Crippen MR) is 146 cm³/mol. The van der Waals surface area contributed by atoms with Crippen LogP contribution >= 0.6 is 15.2 Å². The van der Waals surface area contributed by atoms with Crippen molar-refractivity contribution in [3.63, 3.8) is 0 Å². The molecule has 0 rings (SSSR count). The summed E-state index contributed by atoms with van der Waals surface area (Å²) in [5.74, 6) is 0. The molecular weight excluding hydrogens is 502 g/mol. The SMILES string of the molecule is COP(=O)(OC)C(=O)CCCCCCCCCCCCCCCCCCCCC(=O)P(=O)(OC)OC. The standard InChI is InChI=1S/C26H52O8P2/c1-31-35(29,32-2)25(27)23-21-19-17-15-13-11-9-7-5-6-8-10-12-14-16-18-20-22-24-26(28)36(30,33-3)34-4/h5-24H2,1-4H3. The molecule has 0 unspecified atom stereocenters. The zero-order valence-corrected chi connectivity index (χ0v) is 25.1. The van der Waals surface area contributed by atoms with Crippen LogP contribution in [-0.4, -0.2) is 39.5 Å². The monoisotopic (exact) mass is 554 g/mol. The Balaban J connectivity index is 3.35. The van der Waals surface area contributed by atoms with Gasteiger partial charge in [-0.3, -0.25) is 18.7 Å². The summed E-state index contributed by atoms with van der Waals surface area (Å²) in [7, 11) is -2.09. The van der Waals surface area contributed by atoms with Gasteiger partial charge in [-0.25, -0.2) is 0 Å². The summed E-state index contributed by atoms with van der Waals surface area (Å²) in [4.78, 5) is 23.7. The highest BCUT2D eigenvalue weighted by molar-refractivity contribution is 7.72. The van der Waals surface area contributed by atoms with E-state index < -0.39 is 26.2 Å². The average Bonchev–Trinajstić information content (AvgIpc) is 2.90. The first-order chi connectivity index (χ1) is 17.3. The van der Waals surface area contributed by atoms with Crippen molar-refractivity contribution in [2.24, 2.45) is 0 Å². The van der Waals surface area contributed by atoms with Crippen LogP contribution in [0.5, 0.6) is 0 Å². The van der Waals surface area contributed by atoms with Crippen LogP contribution in [0.3, 0.4) is 0 Å². The van der Waals surface area contributed by atoms with Gasteiger partial charge < -0.3 is 18.1 Å². The number of unbranched alkanes of at least 4 members (excludes halogenated alkanes) is 17. The maximum absolute atomic E-state index is 11.9. The molecule has 0 aliphatic heterocycles. The van der Waals surface area contributed by atoms with Gasteiger partial charge in [0.1, 0.15) is 0 Å². The third-order valence-corrected chi connectivity index (χ3v) is 10.2. The molecule has 0 saturated carbocycles. The van der Waals surface area contributed by atoms with Crippen LogP contribution in [0, 0.1) is 0 Å². The van der Waals surface area contributed by atoms with Crippen LogP contribution < -0.4 is 0 Å². The van der Waals surface area contributed by atoms with Gasteiger partial charge in [0.25, 0.3) is 0 Å². The van der Waals surface area contributed by atoms with Gasteiger partial charge in [0.15, 0.2) is 0 Å². The topological polar surface area (TPSA) is 105 Å². The average molecular weight is 555 g/mol. The van der Waals surface area contributed by atoms with Crippen LogP contribution in [0.2, 0.25) is 0 Å². The van der Waals surface area contributed by atoms with Crippen molar-refractivity contribution >= 4 is 26.2 Å². The van der Waals surface area contributed by atoms with Gasteiger partial charge in [-0.2, -0.15) is 0 Å². The fourth-order valence-electron chi connectivity index (χ4n) is 4.21. The summed E-state index contributed by atoms with van der Waals surface area (Å²) < 4.78 is 42.7. The summed E-state index contributed by atoms with van der Waals surface area (Å²) in [6.07, 6.45) is 21.5. The maximum Gasteiger partial charge on any atom is 0.396 e. The molecule has 0 atom stereocenters. The molecule has 0 aromatic rings. The summed E-state index contributed by atoms with van der Waals surface area (Å²) in [6.45, 7) is 0. The van der Waals surface area contributed by atoms with Crippen molar-refractivity contribution in [1.29, 1.82) is 0 Å². The fourth-order valence-corrected chi connectivity index (χ4v) is 6.19. The molecule has 0 heterocycles. The Bertz CT molecular complexity index is 596. The molecule has 0 aromatic heterocycles. The Labute approximate surface area is 220 Å². The van der Waals surface area contributed by atoms with E-state index in [1.807, 2.05) is 0 Å². The third kappa shape index (κ3) is 16.5. The lowest BCUT2D eigenvalue weighted by Crippen LogP contribution is -2.03. The van der Waals surface area contributed by atoms with Crippen molar-refractivity contribution < 1.29 is 36.8 Å². The maximum atomic E-state index is 11.9. The fraction of sp³-hybridized carbons (Fsp3) is 0.923.